The Morgan fingerprint density at radius 3 is 2.77 bits per heavy atom. The topological polar surface area (TPSA) is 45.3 Å². The smallest absolute Gasteiger partial charge is 0.260 e. The Balaban J connectivity index is 1.52. The summed E-state index contributed by atoms with van der Waals surface area (Å²) in [6, 6.07) is 16.1. The molecule has 0 radical (unpaired) electrons. The first kappa shape index (κ1) is 16.7. The Morgan fingerprint density at radius 2 is 2.00 bits per heavy atom. The van der Waals surface area contributed by atoms with Gasteiger partial charge in [0, 0.05) is 41.7 Å². The van der Waals surface area contributed by atoms with Crippen molar-refractivity contribution in [3.63, 3.8) is 0 Å². The second-order valence-corrected chi connectivity index (χ2v) is 7.21. The summed E-state index contributed by atoms with van der Waals surface area (Å²) in [4.78, 5) is 18.0. The summed E-state index contributed by atoms with van der Waals surface area (Å²) < 4.78 is 5.63. The Labute approximate surface area is 153 Å². The van der Waals surface area contributed by atoms with Crippen molar-refractivity contribution in [1.82, 2.24) is 9.88 Å². The van der Waals surface area contributed by atoms with Crippen LogP contribution >= 0.6 is 0 Å². The number of nitrogens with one attached hydrogen (secondary N) is 1. The summed E-state index contributed by atoms with van der Waals surface area (Å²) in [6.45, 7) is 5.87. The number of aromatic amines is 1. The number of hydrogen-bond donors (Lipinski definition) is 1. The molecule has 2 aromatic carbocycles. The quantitative estimate of drug-likeness (QED) is 0.766. The second-order valence-electron chi connectivity index (χ2n) is 7.21. The normalized spacial score (nSPS) is 13.9. The molecule has 1 aromatic heterocycles. The zero-order chi connectivity index (χ0) is 18.1. The molecule has 134 valence electrons. The highest BCUT2D eigenvalue weighted by atomic mass is 16.5. The van der Waals surface area contributed by atoms with E-state index in [0.717, 1.165) is 24.2 Å². The van der Waals surface area contributed by atoms with E-state index in [1.165, 1.54) is 22.2 Å². The number of amides is 1. The summed E-state index contributed by atoms with van der Waals surface area (Å²) in [6.07, 6.45) is 0.859. The zero-order valence-electron chi connectivity index (χ0n) is 15.3. The Hall–Kier alpha value is -2.75. The maximum absolute atomic E-state index is 12.6. The van der Waals surface area contributed by atoms with E-state index >= 15 is 0 Å². The van der Waals surface area contributed by atoms with Gasteiger partial charge in [-0.3, -0.25) is 4.79 Å². The fourth-order valence-electron chi connectivity index (χ4n) is 3.56. The van der Waals surface area contributed by atoms with Crippen molar-refractivity contribution in [2.45, 2.75) is 32.7 Å². The van der Waals surface area contributed by atoms with Gasteiger partial charge >= 0.3 is 0 Å². The van der Waals surface area contributed by atoms with Crippen LogP contribution in [-0.4, -0.2) is 28.9 Å². The van der Waals surface area contributed by atoms with Crippen LogP contribution in [0.4, 0.5) is 0 Å². The summed E-state index contributed by atoms with van der Waals surface area (Å²) in [7, 11) is 0. The number of carbonyl (C=O) groups excluding carboxylic acids is 1. The van der Waals surface area contributed by atoms with Gasteiger partial charge in [-0.05, 0) is 35.7 Å². The monoisotopic (exact) mass is 348 g/mol. The first-order valence-electron chi connectivity index (χ1n) is 9.21. The van der Waals surface area contributed by atoms with Gasteiger partial charge in [-0.2, -0.15) is 0 Å². The minimum atomic E-state index is 0.0360. The van der Waals surface area contributed by atoms with Gasteiger partial charge in [0.15, 0.2) is 6.61 Å². The molecule has 0 aliphatic carbocycles. The van der Waals surface area contributed by atoms with Crippen LogP contribution in [0, 0.1) is 0 Å². The number of ether oxygens (including phenoxy) is 1. The van der Waals surface area contributed by atoms with E-state index in [1.807, 2.05) is 35.2 Å². The molecule has 26 heavy (non-hydrogen) atoms. The maximum Gasteiger partial charge on any atom is 0.260 e. The molecule has 3 aromatic rings. The van der Waals surface area contributed by atoms with Gasteiger partial charge in [-0.25, -0.2) is 0 Å². The number of hydrogen-bond acceptors (Lipinski definition) is 2. The summed E-state index contributed by atoms with van der Waals surface area (Å²) in [5.41, 5.74) is 5.00. The standard InChI is InChI=1S/C22H24N2O2/c1-15(2)16-8-9-20-18(12-16)19-13-24(11-10-21(19)23-20)22(25)14-26-17-6-4-3-5-7-17/h3-9,12,15,23H,10-11,13-14H2,1-2H3. The van der Waals surface area contributed by atoms with E-state index in [4.69, 9.17) is 4.74 Å². The predicted octanol–water partition coefficient (Wildman–Crippen LogP) is 4.26. The van der Waals surface area contributed by atoms with Gasteiger partial charge in [0.25, 0.3) is 5.91 Å². The summed E-state index contributed by atoms with van der Waals surface area (Å²) >= 11 is 0. The van der Waals surface area contributed by atoms with Crippen molar-refractivity contribution in [2.24, 2.45) is 0 Å². The van der Waals surface area contributed by atoms with Crippen molar-refractivity contribution in [2.75, 3.05) is 13.2 Å². The third-order valence-corrected chi connectivity index (χ3v) is 5.12. The number of benzene rings is 2. The van der Waals surface area contributed by atoms with E-state index < -0.39 is 0 Å². The van der Waals surface area contributed by atoms with Gasteiger partial charge < -0.3 is 14.6 Å². The van der Waals surface area contributed by atoms with E-state index in [0.29, 0.717) is 12.5 Å². The highest BCUT2D eigenvalue weighted by Crippen LogP contribution is 2.30. The largest absolute Gasteiger partial charge is 0.484 e. The van der Waals surface area contributed by atoms with Crippen LogP contribution in [0.3, 0.4) is 0 Å². The average Bonchev–Trinajstić information content (AvgIpc) is 3.04. The minimum absolute atomic E-state index is 0.0360. The van der Waals surface area contributed by atoms with Crippen LogP contribution in [0.5, 0.6) is 5.75 Å². The van der Waals surface area contributed by atoms with E-state index in [1.54, 1.807) is 0 Å². The molecule has 2 heterocycles. The predicted molar refractivity (Wildman–Crippen MR) is 103 cm³/mol. The Bertz CT molecular complexity index is 928. The first-order chi connectivity index (χ1) is 12.6. The fourth-order valence-corrected chi connectivity index (χ4v) is 3.56. The van der Waals surface area contributed by atoms with Crippen molar-refractivity contribution in [3.05, 3.63) is 65.4 Å². The number of fused-ring (bicyclic) bond motifs is 3. The zero-order valence-corrected chi connectivity index (χ0v) is 15.3. The van der Waals surface area contributed by atoms with Crippen LogP contribution < -0.4 is 4.74 Å². The molecular formula is C22H24N2O2. The molecule has 4 heteroatoms. The highest BCUT2D eigenvalue weighted by molar-refractivity contribution is 5.87. The SMILES string of the molecule is CC(C)c1ccc2[nH]c3c(c2c1)CN(C(=O)COc1ccccc1)CC3. The third-order valence-electron chi connectivity index (χ3n) is 5.12. The van der Waals surface area contributed by atoms with E-state index in [-0.39, 0.29) is 12.5 Å². The van der Waals surface area contributed by atoms with Crippen molar-refractivity contribution in [3.8, 4) is 5.75 Å². The van der Waals surface area contributed by atoms with Gasteiger partial charge in [0.1, 0.15) is 5.75 Å². The molecule has 0 bridgehead atoms. The van der Waals surface area contributed by atoms with Crippen molar-refractivity contribution >= 4 is 16.8 Å². The number of H-pyrrole nitrogens is 1. The number of aromatic nitrogens is 1. The lowest BCUT2D eigenvalue weighted by Crippen LogP contribution is -2.38. The molecular weight excluding hydrogens is 324 g/mol. The van der Waals surface area contributed by atoms with Crippen LogP contribution in [0.1, 0.15) is 36.6 Å². The number of nitrogens with zero attached hydrogens (tertiary/aromatic N) is 1. The van der Waals surface area contributed by atoms with Gasteiger partial charge in [-0.15, -0.1) is 0 Å². The molecule has 0 saturated heterocycles. The third kappa shape index (κ3) is 3.19. The molecule has 1 aliphatic heterocycles. The van der Waals surface area contributed by atoms with Crippen LogP contribution in [0.15, 0.2) is 48.5 Å². The Morgan fingerprint density at radius 1 is 1.19 bits per heavy atom. The molecule has 4 rings (SSSR count). The molecule has 1 aliphatic rings. The van der Waals surface area contributed by atoms with Gasteiger partial charge in [0.2, 0.25) is 0 Å². The lowest BCUT2D eigenvalue weighted by molar-refractivity contribution is -0.134. The molecule has 1 amide bonds. The summed E-state index contributed by atoms with van der Waals surface area (Å²) in [5.74, 6) is 1.26. The van der Waals surface area contributed by atoms with E-state index in [9.17, 15) is 4.79 Å². The van der Waals surface area contributed by atoms with Crippen LogP contribution in [-0.2, 0) is 17.8 Å². The molecule has 0 fully saturated rings. The van der Waals surface area contributed by atoms with Crippen molar-refractivity contribution < 1.29 is 9.53 Å². The number of carbonyl (C=O) groups is 1. The number of para-hydroxylation sites is 1. The van der Waals surface area contributed by atoms with E-state index in [2.05, 4.69) is 37.0 Å². The highest BCUT2D eigenvalue weighted by Gasteiger charge is 2.24. The minimum Gasteiger partial charge on any atom is -0.484 e. The second kappa shape index (κ2) is 6.87. The molecule has 0 atom stereocenters. The van der Waals surface area contributed by atoms with Gasteiger partial charge in [-0.1, -0.05) is 38.1 Å². The van der Waals surface area contributed by atoms with Crippen LogP contribution in [0.2, 0.25) is 0 Å². The first-order valence-corrected chi connectivity index (χ1v) is 9.21. The average molecular weight is 348 g/mol. The molecule has 0 saturated carbocycles. The van der Waals surface area contributed by atoms with Crippen molar-refractivity contribution in [1.29, 1.82) is 0 Å². The molecule has 0 spiro atoms. The molecule has 4 nitrogen and oxygen atoms in total. The van der Waals surface area contributed by atoms with Crippen LogP contribution in [0.25, 0.3) is 10.9 Å². The maximum atomic E-state index is 12.6. The lowest BCUT2D eigenvalue weighted by Gasteiger charge is -2.27. The molecule has 1 N–H and O–H groups in total. The summed E-state index contributed by atoms with van der Waals surface area (Å²) in [5, 5.41) is 1.24. The number of rotatable bonds is 4. The van der Waals surface area contributed by atoms with Gasteiger partial charge in [0.05, 0.1) is 0 Å². The fraction of sp³-hybridized carbons (Fsp3) is 0.318. The lowest BCUT2D eigenvalue weighted by atomic mass is 9.98. The molecule has 0 unspecified atom stereocenters. The Kier molecular flexibility index (Phi) is 4.41.